The van der Waals surface area contributed by atoms with Crippen molar-refractivity contribution in [3.05, 3.63) is 53.1 Å². The second-order valence-corrected chi connectivity index (χ2v) is 8.33. The first-order valence-electron chi connectivity index (χ1n) is 11.4. The lowest BCUT2D eigenvalue weighted by Gasteiger charge is -2.32. The molecule has 1 saturated heterocycles. The summed E-state index contributed by atoms with van der Waals surface area (Å²) in [5.74, 6) is 2.41. The lowest BCUT2D eigenvalue weighted by molar-refractivity contribution is -0.917. The Morgan fingerprint density at radius 2 is 1.97 bits per heavy atom. The predicted molar refractivity (Wildman–Crippen MR) is 119 cm³/mol. The van der Waals surface area contributed by atoms with Crippen molar-refractivity contribution in [2.45, 2.75) is 32.7 Å². The number of ether oxygens (including phenoxy) is 3. The van der Waals surface area contributed by atoms with Gasteiger partial charge in [-0.3, -0.25) is 4.79 Å². The van der Waals surface area contributed by atoms with E-state index < -0.39 is 0 Å². The zero-order valence-electron chi connectivity index (χ0n) is 18.6. The van der Waals surface area contributed by atoms with E-state index in [1.807, 2.05) is 17.0 Å². The normalized spacial score (nSPS) is 16.0. The van der Waals surface area contributed by atoms with Crippen molar-refractivity contribution in [2.24, 2.45) is 0 Å². The van der Waals surface area contributed by atoms with Crippen molar-refractivity contribution in [2.75, 3.05) is 46.5 Å². The van der Waals surface area contributed by atoms with Crippen LogP contribution in [-0.4, -0.2) is 57.3 Å². The maximum Gasteiger partial charge on any atom is 0.254 e. The van der Waals surface area contributed by atoms with E-state index in [0.29, 0.717) is 23.7 Å². The molecule has 0 aromatic heterocycles. The minimum atomic E-state index is 0.0622. The number of benzene rings is 2. The third-order valence-corrected chi connectivity index (χ3v) is 6.13. The van der Waals surface area contributed by atoms with Gasteiger partial charge in [-0.25, -0.2) is 0 Å². The Morgan fingerprint density at radius 3 is 2.74 bits per heavy atom. The zero-order valence-corrected chi connectivity index (χ0v) is 18.6. The number of nitrogens with one attached hydrogen (secondary N) is 1. The summed E-state index contributed by atoms with van der Waals surface area (Å²) in [6.45, 7) is 8.00. The van der Waals surface area contributed by atoms with Crippen LogP contribution in [0.25, 0.3) is 0 Å². The number of piperazine rings is 1. The van der Waals surface area contributed by atoms with Crippen molar-refractivity contribution in [1.29, 1.82) is 0 Å². The van der Waals surface area contributed by atoms with Crippen molar-refractivity contribution in [3.63, 3.8) is 0 Å². The zero-order chi connectivity index (χ0) is 21.6. The Bertz CT molecular complexity index is 906. The number of hydrogen-bond donors (Lipinski definition) is 1. The molecular weight excluding hydrogens is 392 g/mol. The molecule has 1 N–H and O–H groups in total. The summed E-state index contributed by atoms with van der Waals surface area (Å²) in [7, 11) is 1.61. The summed E-state index contributed by atoms with van der Waals surface area (Å²) in [5.41, 5.74) is 3.32. The quantitative estimate of drug-likeness (QED) is 0.660. The van der Waals surface area contributed by atoms with Crippen LogP contribution in [0.3, 0.4) is 0 Å². The van der Waals surface area contributed by atoms with Gasteiger partial charge < -0.3 is 24.0 Å². The molecule has 2 aromatic rings. The van der Waals surface area contributed by atoms with Crippen LogP contribution in [0.1, 0.15) is 41.3 Å². The van der Waals surface area contributed by atoms with E-state index in [2.05, 4.69) is 25.1 Å². The molecule has 31 heavy (non-hydrogen) atoms. The van der Waals surface area contributed by atoms with Gasteiger partial charge in [0.15, 0.2) is 11.5 Å². The molecule has 0 saturated carbocycles. The van der Waals surface area contributed by atoms with Crippen molar-refractivity contribution < 1.29 is 23.9 Å². The summed E-state index contributed by atoms with van der Waals surface area (Å²) in [6.07, 6.45) is 3.08. The smallest absolute Gasteiger partial charge is 0.254 e. The number of hydrogen-bond acceptors (Lipinski definition) is 4. The Kier molecular flexibility index (Phi) is 6.97. The maximum atomic E-state index is 13.0. The van der Waals surface area contributed by atoms with Gasteiger partial charge in [0.05, 0.1) is 46.5 Å². The number of amides is 1. The molecule has 0 bridgehead atoms. The molecule has 0 radical (unpaired) electrons. The van der Waals surface area contributed by atoms with Gasteiger partial charge in [0.1, 0.15) is 12.3 Å². The lowest BCUT2D eigenvalue weighted by Crippen LogP contribution is -3.13. The van der Waals surface area contributed by atoms with Crippen LogP contribution in [0.2, 0.25) is 0 Å². The van der Waals surface area contributed by atoms with Gasteiger partial charge in [0.25, 0.3) is 5.91 Å². The third kappa shape index (κ3) is 5.13. The van der Waals surface area contributed by atoms with Crippen LogP contribution in [0, 0.1) is 0 Å². The highest BCUT2D eigenvalue weighted by molar-refractivity contribution is 5.95. The van der Waals surface area contributed by atoms with Crippen LogP contribution in [0.4, 0.5) is 0 Å². The van der Waals surface area contributed by atoms with Crippen LogP contribution < -0.4 is 19.1 Å². The van der Waals surface area contributed by atoms with E-state index >= 15 is 0 Å². The summed E-state index contributed by atoms with van der Waals surface area (Å²) < 4.78 is 16.9. The van der Waals surface area contributed by atoms with Crippen LogP contribution >= 0.6 is 0 Å². The average Bonchev–Trinajstić information content (AvgIpc) is 3.27. The Balaban J connectivity index is 1.32. The van der Waals surface area contributed by atoms with Crippen LogP contribution in [-0.2, 0) is 13.0 Å². The van der Waals surface area contributed by atoms with E-state index in [9.17, 15) is 4.79 Å². The Labute approximate surface area is 184 Å². The number of unbranched alkanes of at least 4 members (excludes halogenated alkanes) is 1. The minimum absolute atomic E-state index is 0.0622. The Hall–Kier alpha value is -2.73. The highest BCUT2D eigenvalue weighted by Gasteiger charge is 2.26. The van der Waals surface area contributed by atoms with Gasteiger partial charge >= 0.3 is 0 Å². The molecule has 6 heteroatoms. The topological polar surface area (TPSA) is 52.4 Å². The molecule has 166 valence electrons. The first kappa shape index (κ1) is 21.5. The Morgan fingerprint density at radius 1 is 1.13 bits per heavy atom. The lowest BCUT2D eigenvalue weighted by atomic mass is 10.1. The number of nitrogens with zero attached hydrogens (tertiary/aromatic N) is 1. The first-order chi connectivity index (χ1) is 15.2. The van der Waals surface area contributed by atoms with Crippen LogP contribution in [0.15, 0.2) is 36.4 Å². The van der Waals surface area contributed by atoms with Crippen molar-refractivity contribution in [1.82, 2.24) is 4.90 Å². The van der Waals surface area contributed by atoms with Gasteiger partial charge in [0.2, 0.25) is 0 Å². The van der Waals surface area contributed by atoms with Crippen molar-refractivity contribution >= 4 is 5.91 Å². The molecule has 6 nitrogen and oxygen atoms in total. The average molecular weight is 426 g/mol. The number of methoxy groups -OCH3 is 1. The number of carbonyl (C=O) groups is 1. The number of fused-ring (bicyclic) bond motifs is 1. The molecule has 2 aromatic carbocycles. The van der Waals surface area contributed by atoms with E-state index in [1.54, 1.807) is 13.2 Å². The van der Waals surface area contributed by atoms with E-state index in [-0.39, 0.29) is 5.91 Å². The molecule has 2 heterocycles. The molecule has 0 unspecified atom stereocenters. The van der Waals surface area contributed by atoms with Gasteiger partial charge in [-0.15, -0.1) is 0 Å². The molecule has 0 aliphatic carbocycles. The highest BCUT2D eigenvalue weighted by Crippen LogP contribution is 2.29. The monoisotopic (exact) mass is 425 g/mol. The third-order valence-electron chi connectivity index (χ3n) is 6.13. The summed E-state index contributed by atoms with van der Waals surface area (Å²) in [4.78, 5) is 16.5. The van der Waals surface area contributed by atoms with Gasteiger partial charge in [-0.2, -0.15) is 0 Å². The summed E-state index contributed by atoms with van der Waals surface area (Å²) in [5, 5.41) is 0. The van der Waals surface area contributed by atoms with Crippen molar-refractivity contribution in [3.8, 4) is 17.2 Å². The van der Waals surface area contributed by atoms with Gasteiger partial charge in [0, 0.05) is 17.5 Å². The molecule has 0 atom stereocenters. The van der Waals surface area contributed by atoms with E-state index in [1.165, 1.54) is 16.0 Å². The molecule has 0 spiro atoms. The number of carbonyl (C=O) groups excluding carboxylic acids is 1. The molecule has 2 aliphatic rings. The first-order valence-corrected chi connectivity index (χ1v) is 11.4. The van der Waals surface area contributed by atoms with Crippen LogP contribution in [0.5, 0.6) is 17.2 Å². The maximum absolute atomic E-state index is 13.0. The predicted octanol–water partition coefficient (Wildman–Crippen LogP) is 2.35. The second kappa shape index (κ2) is 10.1. The van der Waals surface area contributed by atoms with Gasteiger partial charge in [-0.05, 0) is 48.4 Å². The minimum Gasteiger partial charge on any atom is -0.493 e. The summed E-state index contributed by atoms with van der Waals surface area (Å²) in [6, 6.07) is 12.0. The number of rotatable bonds is 8. The van der Waals surface area contributed by atoms with E-state index in [0.717, 1.165) is 64.3 Å². The molecule has 1 fully saturated rings. The molecule has 4 rings (SSSR count). The van der Waals surface area contributed by atoms with Gasteiger partial charge in [-0.1, -0.05) is 13.3 Å². The molecular formula is C25H33N2O4+. The summed E-state index contributed by atoms with van der Waals surface area (Å²) >= 11 is 0. The standard InChI is InChI=1S/C25H32N2O4/c1-3-4-14-30-23-8-6-21(17-24(23)29-2)25(28)27-12-10-26(11-13-27)18-19-5-7-22-20(16-19)9-15-31-22/h5-8,16-17H,3-4,9-15,18H2,1-2H3/p+1. The fourth-order valence-electron chi connectivity index (χ4n) is 4.27. The SMILES string of the molecule is CCCCOc1ccc(C(=O)N2CC[NH+](Cc3ccc4c(c3)CCO4)CC2)cc1OC. The highest BCUT2D eigenvalue weighted by atomic mass is 16.5. The van der Waals surface area contributed by atoms with E-state index in [4.69, 9.17) is 14.2 Å². The molecule has 2 aliphatic heterocycles. The second-order valence-electron chi connectivity index (χ2n) is 8.33. The fraction of sp³-hybridized carbons (Fsp3) is 0.480. The number of quaternary nitrogens is 1. The largest absolute Gasteiger partial charge is 0.493 e. The molecule has 1 amide bonds. The fourth-order valence-corrected chi connectivity index (χ4v) is 4.27.